The molecule has 0 aliphatic rings. The van der Waals surface area contributed by atoms with E-state index in [9.17, 15) is 0 Å². The van der Waals surface area contributed by atoms with Crippen LogP contribution in [0.5, 0.6) is 0 Å². The van der Waals surface area contributed by atoms with Crippen LogP contribution in [0.3, 0.4) is 0 Å². The molecule has 0 aliphatic heterocycles. The molecule has 16 heavy (non-hydrogen) atoms. The second-order valence-electron chi connectivity index (χ2n) is 3.89. The molecule has 0 saturated heterocycles. The van der Waals surface area contributed by atoms with Crippen molar-refractivity contribution in [1.82, 2.24) is 4.98 Å². The summed E-state index contributed by atoms with van der Waals surface area (Å²) in [5.41, 5.74) is 1.07. The summed E-state index contributed by atoms with van der Waals surface area (Å²) in [5, 5.41) is 0. The first kappa shape index (κ1) is 17.5. The lowest BCUT2D eigenvalue weighted by Crippen LogP contribution is -1.72. The average molecular weight is 223 g/mol. The molecule has 94 valence electrons. The molecule has 1 nitrogen and oxygen atoms in total. The molecule has 1 rings (SSSR count). The fourth-order valence-electron chi connectivity index (χ4n) is 0.948. The number of aryl methyl sites for hydroxylation is 1. The minimum Gasteiger partial charge on any atom is -0.262 e. The van der Waals surface area contributed by atoms with Crippen LogP contribution in [0.4, 0.5) is 0 Å². The number of aromatic nitrogens is 1. The Labute approximate surface area is 102 Å². The standard InChI is InChI=1S/C6H7N.C6H14.C3H8/c1-6-4-2-3-5-7-6;1-3-5-6-4-2;1-3-2/h2-5H,1H3;3-6H2,1-2H3;3H2,1-2H3. The van der Waals surface area contributed by atoms with Crippen LogP contribution in [0, 0.1) is 6.92 Å². The zero-order valence-corrected chi connectivity index (χ0v) is 11.8. The van der Waals surface area contributed by atoms with Gasteiger partial charge in [-0.05, 0) is 19.1 Å². The monoisotopic (exact) mass is 223 g/mol. The highest BCUT2D eigenvalue weighted by molar-refractivity contribution is 4.99. The van der Waals surface area contributed by atoms with E-state index in [0.717, 1.165) is 5.69 Å². The molecule has 0 bridgehead atoms. The van der Waals surface area contributed by atoms with Crippen molar-refractivity contribution in [3.8, 4) is 0 Å². The van der Waals surface area contributed by atoms with Gasteiger partial charge >= 0.3 is 0 Å². The minimum atomic E-state index is 1.07. The Morgan fingerprint density at radius 2 is 1.44 bits per heavy atom. The van der Waals surface area contributed by atoms with E-state index in [1.807, 2.05) is 25.1 Å². The van der Waals surface area contributed by atoms with Gasteiger partial charge in [0.05, 0.1) is 0 Å². The van der Waals surface area contributed by atoms with Crippen molar-refractivity contribution in [2.45, 2.75) is 66.7 Å². The minimum absolute atomic E-state index is 1.07. The molecule has 0 saturated carbocycles. The molecule has 0 aromatic carbocycles. The van der Waals surface area contributed by atoms with Crippen molar-refractivity contribution in [3.63, 3.8) is 0 Å². The molecule has 0 fully saturated rings. The smallest absolute Gasteiger partial charge is 0.0372 e. The number of unbranched alkanes of at least 4 members (excludes halogenated alkanes) is 3. The van der Waals surface area contributed by atoms with E-state index in [4.69, 9.17) is 0 Å². The van der Waals surface area contributed by atoms with Gasteiger partial charge in [-0.25, -0.2) is 0 Å². The van der Waals surface area contributed by atoms with Crippen LogP contribution in [-0.4, -0.2) is 4.98 Å². The molecule has 1 heterocycles. The summed E-state index contributed by atoms with van der Waals surface area (Å²) in [4.78, 5) is 3.98. The molecular formula is C15H29N. The van der Waals surface area contributed by atoms with E-state index in [1.54, 1.807) is 6.20 Å². The predicted octanol–water partition coefficient (Wildman–Crippen LogP) is 5.39. The number of nitrogens with zero attached hydrogens (tertiary/aromatic N) is 1. The van der Waals surface area contributed by atoms with E-state index >= 15 is 0 Å². The second-order valence-corrected chi connectivity index (χ2v) is 3.89. The largest absolute Gasteiger partial charge is 0.262 e. The van der Waals surface area contributed by atoms with Crippen molar-refractivity contribution >= 4 is 0 Å². The molecule has 0 aliphatic carbocycles. The van der Waals surface area contributed by atoms with E-state index in [1.165, 1.54) is 32.1 Å². The number of pyridine rings is 1. The Morgan fingerprint density at radius 3 is 1.62 bits per heavy atom. The van der Waals surface area contributed by atoms with Gasteiger partial charge < -0.3 is 0 Å². The van der Waals surface area contributed by atoms with Crippen LogP contribution in [-0.2, 0) is 0 Å². The van der Waals surface area contributed by atoms with E-state index < -0.39 is 0 Å². The zero-order valence-electron chi connectivity index (χ0n) is 11.8. The lowest BCUT2D eigenvalue weighted by atomic mass is 10.2. The molecule has 0 spiro atoms. The lowest BCUT2D eigenvalue weighted by Gasteiger charge is -1.86. The van der Waals surface area contributed by atoms with Gasteiger partial charge in [-0.15, -0.1) is 0 Å². The van der Waals surface area contributed by atoms with Gasteiger partial charge in [-0.3, -0.25) is 4.98 Å². The highest BCUT2D eigenvalue weighted by Crippen LogP contribution is 1.95. The number of hydrogen-bond acceptors (Lipinski definition) is 1. The Bertz CT molecular complexity index is 190. The maximum atomic E-state index is 3.98. The first-order valence-corrected chi connectivity index (χ1v) is 6.60. The third-order valence-electron chi connectivity index (χ3n) is 1.77. The van der Waals surface area contributed by atoms with Gasteiger partial charge in [0, 0.05) is 11.9 Å². The highest BCUT2D eigenvalue weighted by Gasteiger charge is 1.75. The van der Waals surface area contributed by atoms with Gasteiger partial charge in [0.2, 0.25) is 0 Å². The summed E-state index contributed by atoms with van der Waals surface area (Å²) >= 11 is 0. The Kier molecular flexibility index (Phi) is 18.2. The number of hydrogen-bond donors (Lipinski definition) is 0. The highest BCUT2D eigenvalue weighted by atomic mass is 14.6. The van der Waals surface area contributed by atoms with E-state index in [-0.39, 0.29) is 0 Å². The SMILES string of the molecule is CCC.CCCCCC.Cc1ccccn1. The summed E-state index contributed by atoms with van der Waals surface area (Å²) in [7, 11) is 0. The summed E-state index contributed by atoms with van der Waals surface area (Å²) < 4.78 is 0. The fraction of sp³-hybridized carbons (Fsp3) is 0.667. The normalized spacial score (nSPS) is 8.31. The Morgan fingerprint density at radius 1 is 0.938 bits per heavy atom. The Balaban J connectivity index is 0. The predicted molar refractivity (Wildman–Crippen MR) is 74.8 cm³/mol. The maximum absolute atomic E-state index is 3.98. The molecule has 0 N–H and O–H groups in total. The molecule has 0 unspecified atom stereocenters. The number of rotatable bonds is 3. The van der Waals surface area contributed by atoms with Crippen LogP contribution < -0.4 is 0 Å². The van der Waals surface area contributed by atoms with Crippen molar-refractivity contribution in [1.29, 1.82) is 0 Å². The maximum Gasteiger partial charge on any atom is 0.0372 e. The third kappa shape index (κ3) is 18.8. The molecule has 0 radical (unpaired) electrons. The lowest BCUT2D eigenvalue weighted by molar-refractivity contribution is 0.702. The van der Waals surface area contributed by atoms with E-state index in [2.05, 4.69) is 32.7 Å². The zero-order chi connectivity index (χ0) is 12.6. The molecule has 1 heteroatoms. The van der Waals surface area contributed by atoms with Crippen molar-refractivity contribution in [3.05, 3.63) is 30.1 Å². The fourth-order valence-corrected chi connectivity index (χ4v) is 0.948. The van der Waals surface area contributed by atoms with Gasteiger partial charge in [-0.1, -0.05) is 65.9 Å². The summed E-state index contributed by atoms with van der Waals surface area (Å²) in [5.74, 6) is 0. The average Bonchev–Trinajstić information content (AvgIpc) is 2.29. The van der Waals surface area contributed by atoms with Crippen LogP contribution in [0.25, 0.3) is 0 Å². The first-order valence-electron chi connectivity index (χ1n) is 6.60. The molecule has 1 aromatic rings. The van der Waals surface area contributed by atoms with Gasteiger partial charge in [0.1, 0.15) is 0 Å². The van der Waals surface area contributed by atoms with Gasteiger partial charge in [0.15, 0.2) is 0 Å². The third-order valence-corrected chi connectivity index (χ3v) is 1.77. The van der Waals surface area contributed by atoms with Crippen LogP contribution >= 0.6 is 0 Å². The van der Waals surface area contributed by atoms with Crippen LogP contribution in [0.15, 0.2) is 24.4 Å². The summed E-state index contributed by atoms with van der Waals surface area (Å²) in [6.45, 7) is 10.7. The van der Waals surface area contributed by atoms with Crippen LogP contribution in [0.2, 0.25) is 0 Å². The first-order chi connectivity index (χ1) is 7.72. The molecule has 0 amide bonds. The quantitative estimate of drug-likeness (QED) is 0.626. The summed E-state index contributed by atoms with van der Waals surface area (Å²) in [6.07, 6.45) is 8.57. The second kappa shape index (κ2) is 16.6. The topological polar surface area (TPSA) is 12.9 Å². The van der Waals surface area contributed by atoms with E-state index in [0.29, 0.717) is 0 Å². The summed E-state index contributed by atoms with van der Waals surface area (Å²) in [6, 6.07) is 5.86. The van der Waals surface area contributed by atoms with Crippen LogP contribution in [0.1, 0.15) is 65.5 Å². The molecule has 1 aromatic heterocycles. The van der Waals surface area contributed by atoms with Gasteiger partial charge in [0.25, 0.3) is 0 Å². The van der Waals surface area contributed by atoms with Crippen molar-refractivity contribution in [2.75, 3.05) is 0 Å². The van der Waals surface area contributed by atoms with Crippen molar-refractivity contribution < 1.29 is 0 Å². The molecular weight excluding hydrogens is 194 g/mol. The Hall–Kier alpha value is -0.850. The van der Waals surface area contributed by atoms with Crippen molar-refractivity contribution in [2.24, 2.45) is 0 Å². The van der Waals surface area contributed by atoms with Gasteiger partial charge in [-0.2, -0.15) is 0 Å². The molecule has 0 atom stereocenters.